The number of nitrogens with zero attached hydrogens (tertiary/aromatic N) is 1. The first-order valence-electron chi connectivity index (χ1n) is 8.59. The summed E-state index contributed by atoms with van der Waals surface area (Å²) < 4.78 is 11.2. The third-order valence-electron chi connectivity index (χ3n) is 4.06. The molecule has 1 heterocycles. The zero-order chi connectivity index (χ0) is 18.4. The van der Waals surface area contributed by atoms with Gasteiger partial charge in [0.05, 0.1) is 24.2 Å². The van der Waals surface area contributed by atoms with E-state index in [1.54, 1.807) is 17.0 Å². The molecule has 1 aliphatic heterocycles. The Hall–Kier alpha value is -1.95. The maximum absolute atomic E-state index is 12.8. The molecule has 0 unspecified atom stereocenters. The number of piperidine rings is 1. The number of hydrogen-bond acceptors (Lipinski definition) is 4. The van der Waals surface area contributed by atoms with Gasteiger partial charge in [-0.3, -0.25) is 9.59 Å². The molecule has 1 aliphatic rings. The fourth-order valence-corrected chi connectivity index (χ4v) is 3.11. The van der Waals surface area contributed by atoms with E-state index in [0.29, 0.717) is 54.7 Å². The highest BCUT2D eigenvalue weighted by Crippen LogP contribution is 2.37. The van der Waals surface area contributed by atoms with E-state index in [2.05, 4.69) is 0 Å². The quantitative estimate of drug-likeness (QED) is 0.796. The van der Waals surface area contributed by atoms with Crippen molar-refractivity contribution >= 4 is 23.5 Å². The Bertz CT molecular complexity index is 634. The van der Waals surface area contributed by atoms with Crippen LogP contribution in [0.25, 0.3) is 0 Å². The van der Waals surface area contributed by atoms with Gasteiger partial charge in [0.2, 0.25) is 0 Å². The van der Waals surface area contributed by atoms with Crippen LogP contribution in [0, 0.1) is 5.92 Å². The van der Waals surface area contributed by atoms with E-state index in [1.807, 2.05) is 13.8 Å². The van der Waals surface area contributed by atoms with E-state index in [0.717, 1.165) is 6.42 Å². The summed E-state index contributed by atoms with van der Waals surface area (Å²) in [5.74, 6) is -0.765. The minimum absolute atomic E-state index is 0.212. The van der Waals surface area contributed by atoms with Crippen LogP contribution in [0.4, 0.5) is 0 Å². The van der Waals surface area contributed by atoms with Crippen molar-refractivity contribution < 1.29 is 24.2 Å². The van der Waals surface area contributed by atoms with E-state index in [9.17, 15) is 14.7 Å². The second kappa shape index (κ2) is 8.94. The molecular formula is C18H24ClNO5. The summed E-state index contributed by atoms with van der Waals surface area (Å²) in [5.41, 5.74) is 0.378. The van der Waals surface area contributed by atoms with Crippen LogP contribution in [0.15, 0.2) is 12.1 Å². The Kier molecular flexibility index (Phi) is 6.93. The molecule has 1 aromatic rings. The highest BCUT2D eigenvalue weighted by atomic mass is 35.5. The summed E-state index contributed by atoms with van der Waals surface area (Å²) in [5, 5.41) is 9.50. The molecule has 138 valence electrons. The predicted octanol–water partition coefficient (Wildman–Crippen LogP) is 3.46. The van der Waals surface area contributed by atoms with Crippen molar-refractivity contribution in [2.75, 3.05) is 26.3 Å². The highest BCUT2D eigenvalue weighted by molar-refractivity contribution is 6.32. The van der Waals surface area contributed by atoms with Crippen molar-refractivity contribution in [2.45, 2.75) is 33.1 Å². The predicted molar refractivity (Wildman–Crippen MR) is 94.7 cm³/mol. The monoisotopic (exact) mass is 369 g/mol. The Morgan fingerprint density at radius 1 is 1.32 bits per heavy atom. The summed E-state index contributed by atoms with van der Waals surface area (Å²) in [7, 11) is 0. The number of halogens is 1. The molecule has 1 amide bonds. The number of carbonyl (C=O) groups excluding carboxylic acids is 1. The van der Waals surface area contributed by atoms with Gasteiger partial charge in [0, 0.05) is 18.7 Å². The molecule has 0 aromatic heterocycles. The third kappa shape index (κ3) is 4.78. The molecule has 1 saturated heterocycles. The number of likely N-dealkylation sites (tertiary alicyclic amines) is 1. The van der Waals surface area contributed by atoms with Crippen LogP contribution in [0.5, 0.6) is 11.5 Å². The van der Waals surface area contributed by atoms with Gasteiger partial charge in [0.1, 0.15) is 0 Å². The summed E-state index contributed by atoms with van der Waals surface area (Å²) in [6, 6.07) is 3.18. The number of carbonyl (C=O) groups is 2. The lowest BCUT2D eigenvalue weighted by atomic mass is 9.97. The van der Waals surface area contributed by atoms with Gasteiger partial charge in [-0.1, -0.05) is 18.5 Å². The van der Waals surface area contributed by atoms with E-state index in [4.69, 9.17) is 21.1 Å². The first-order valence-corrected chi connectivity index (χ1v) is 8.96. The van der Waals surface area contributed by atoms with Gasteiger partial charge in [0.25, 0.3) is 5.91 Å². The fraction of sp³-hybridized carbons (Fsp3) is 0.556. The molecule has 1 atom stereocenters. The molecule has 0 saturated carbocycles. The van der Waals surface area contributed by atoms with Gasteiger partial charge in [-0.15, -0.1) is 0 Å². The zero-order valence-corrected chi connectivity index (χ0v) is 15.3. The molecule has 7 heteroatoms. The van der Waals surface area contributed by atoms with Gasteiger partial charge in [-0.25, -0.2) is 0 Å². The Morgan fingerprint density at radius 2 is 2.08 bits per heavy atom. The van der Waals surface area contributed by atoms with Gasteiger partial charge < -0.3 is 19.5 Å². The smallest absolute Gasteiger partial charge is 0.308 e. The molecule has 0 aliphatic carbocycles. The second-order valence-corrected chi connectivity index (χ2v) is 6.40. The average Bonchev–Trinajstić information content (AvgIpc) is 2.60. The van der Waals surface area contributed by atoms with E-state index in [1.165, 1.54) is 0 Å². The standard InChI is InChI=1S/C18H24ClNO5/c1-3-8-25-16-14(19)9-13(10-15(16)24-4-2)17(21)20-7-5-6-12(11-20)18(22)23/h9-10,12H,3-8,11H2,1-2H3,(H,22,23)/t12-/m0/s1. The molecule has 6 nitrogen and oxygen atoms in total. The first kappa shape index (κ1) is 19.4. The fourth-order valence-electron chi connectivity index (χ4n) is 2.84. The third-order valence-corrected chi connectivity index (χ3v) is 4.35. The average molecular weight is 370 g/mol. The van der Waals surface area contributed by atoms with Crippen molar-refractivity contribution in [3.8, 4) is 11.5 Å². The largest absolute Gasteiger partial charge is 0.490 e. The Morgan fingerprint density at radius 3 is 2.72 bits per heavy atom. The maximum Gasteiger partial charge on any atom is 0.308 e. The maximum atomic E-state index is 12.8. The minimum Gasteiger partial charge on any atom is -0.490 e. The topological polar surface area (TPSA) is 76.1 Å². The van der Waals surface area contributed by atoms with Crippen LogP contribution in [0.3, 0.4) is 0 Å². The number of ether oxygens (including phenoxy) is 2. The molecule has 0 spiro atoms. The van der Waals surface area contributed by atoms with Crippen LogP contribution < -0.4 is 9.47 Å². The molecule has 0 bridgehead atoms. The van der Waals surface area contributed by atoms with Crippen LogP contribution in [-0.2, 0) is 4.79 Å². The molecular weight excluding hydrogens is 346 g/mol. The van der Waals surface area contributed by atoms with Crippen molar-refractivity contribution in [3.05, 3.63) is 22.7 Å². The second-order valence-electron chi connectivity index (χ2n) is 6.00. The van der Waals surface area contributed by atoms with Gasteiger partial charge in [0.15, 0.2) is 11.5 Å². The normalized spacial score (nSPS) is 17.2. The van der Waals surface area contributed by atoms with Crippen LogP contribution >= 0.6 is 11.6 Å². The first-order chi connectivity index (χ1) is 12.0. The summed E-state index contributed by atoms with van der Waals surface area (Å²) in [6.45, 7) is 5.50. The lowest BCUT2D eigenvalue weighted by molar-refractivity contribution is -0.143. The van der Waals surface area contributed by atoms with E-state index >= 15 is 0 Å². The zero-order valence-electron chi connectivity index (χ0n) is 14.6. The Balaban J connectivity index is 2.25. The highest BCUT2D eigenvalue weighted by Gasteiger charge is 2.29. The lowest BCUT2D eigenvalue weighted by Gasteiger charge is -2.31. The molecule has 1 aromatic carbocycles. The number of aliphatic carboxylic acids is 1. The molecule has 2 rings (SSSR count). The van der Waals surface area contributed by atoms with Gasteiger partial charge >= 0.3 is 5.97 Å². The summed E-state index contributed by atoms with van der Waals surface area (Å²) in [6.07, 6.45) is 2.09. The van der Waals surface area contributed by atoms with Gasteiger partial charge in [-0.05, 0) is 38.3 Å². The SMILES string of the molecule is CCCOc1c(Cl)cc(C(=O)N2CCC[C@H](C(=O)O)C2)cc1OCC. The van der Waals surface area contributed by atoms with Crippen LogP contribution in [0.2, 0.25) is 5.02 Å². The lowest BCUT2D eigenvalue weighted by Crippen LogP contribution is -2.42. The van der Waals surface area contributed by atoms with E-state index < -0.39 is 11.9 Å². The van der Waals surface area contributed by atoms with Crippen LogP contribution in [-0.4, -0.2) is 48.2 Å². The number of hydrogen-bond donors (Lipinski definition) is 1. The van der Waals surface area contributed by atoms with Crippen LogP contribution in [0.1, 0.15) is 43.5 Å². The summed E-state index contributed by atoms with van der Waals surface area (Å²) >= 11 is 6.30. The minimum atomic E-state index is -0.867. The van der Waals surface area contributed by atoms with Crippen molar-refractivity contribution in [2.24, 2.45) is 5.92 Å². The van der Waals surface area contributed by atoms with Crippen molar-refractivity contribution in [1.29, 1.82) is 0 Å². The Labute approximate surface area is 152 Å². The number of carboxylic acids is 1. The van der Waals surface area contributed by atoms with Crippen molar-refractivity contribution in [3.63, 3.8) is 0 Å². The number of rotatable bonds is 7. The number of amides is 1. The molecule has 1 N–H and O–H groups in total. The molecule has 25 heavy (non-hydrogen) atoms. The van der Waals surface area contributed by atoms with E-state index in [-0.39, 0.29) is 12.5 Å². The van der Waals surface area contributed by atoms with Gasteiger partial charge in [-0.2, -0.15) is 0 Å². The number of benzene rings is 1. The van der Waals surface area contributed by atoms with Crippen molar-refractivity contribution in [1.82, 2.24) is 4.90 Å². The molecule has 0 radical (unpaired) electrons. The number of carboxylic acid groups (broad SMARTS) is 1. The molecule has 1 fully saturated rings. The summed E-state index contributed by atoms with van der Waals surface area (Å²) in [4.78, 5) is 25.5.